The van der Waals surface area contributed by atoms with E-state index < -0.39 is 0 Å². The molecule has 1 aromatic carbocycles. The Hall–Kier alpha value is -1.31. The largest absolute Gasteiger partial charge is 0.344 e. The zero-order valence-corrected chi connectivity index (χ0v) is 8.94. The van der Waals surface area contributed by atoms with Crippen molar-refractivity contribution in [1.82, 2.24) is 4.90 Å². The standard InChI is InChI=1S/C13H15NO/c1-10-3-2-4-11(5-10)13-6-12(13)7-14(8-13)9-15/h2-5,9,12H,6-8H2,1H3. The van der Waals surface area contributed by atoms with E-state index in [1.54, 1.807) is 0 Å². The van der Waals surface area contributed by atoms with Gasteiger partial charge >= 0.3 is 0 Å². The summed E-state index contributed by atoms with van der Waals surface area (Å²) in [6, 6.07) is 8.73. The lowest BCUT2D eigenvalue weighted by atomic mass is 9.94. The molecule has 2 aliphatic rings. The molecule has 1 aliphatic heterocycles. The third kappa shape index (κ3) is 1.21. The Bertz CT molecular complexity index is 415. The Morgan fingerprint density at radius 2 is 2.40 bits per heavy atom. The molecule has 1 saturated carbocycles. The molecule has 3 rings (SSSR count). The van der Waals surface area contributed by atoms with E-state index in [-0.39, 0.29) is 0 Å². The molecular formula is C13H15NO. The average molecular weight is 201 g/mol. The van der Waals surface area contributed by atoms with Crippen molar-refractivity contribution in [2.75, 3.05) is 13.1 Å². The first-order valence-electron chi connectivity index (χ1n) is 5.51. The van der Waals surface area contributed by atoms with Gasteiger partial charge in [-0.25, -0.2) is 0 Å². The molecule has 2 atom stereocenters. The molecule has 1 amide bonds. The molecule has 15 heavy (non-hydrogen) atoms. The fourth-order valence-corrected chi connectivity index (χ4v) is 3.00. The maximum Gasteiger partial charge on any atom is 0.209 e. The van der Waals surface area contributed by atoms with E-state index in [0.717, 1.165) is 19.5 Å². The van der Waals surface area contributed by atoms with Crippen LogP contribution in [0.2, 0.25) is 0 Å². The van der Waals surface area contributed by atoms with E-state index in [1.807, 2.05) is 4.90 Å². The third-order valence-electron chi connectivity index (χ3n) is 3.91. The van der Waals surface area contributed by atoms with Gasteiger partial charge in [0.25, 0.3) is 0 Å². The van der Waals surface area contributed by atoms with Crippen LogP contribution in [-0.2, 0) is 10.2 Å². The Morgan fingerprint density at radius 3 is 3.07 bits per heavy atom. The first kappa shape index (κ1) is 8.96. The van der Waals surface area contributed by atoms with Crippen LogP contribution in [0, 0.1) is 12.8 Å². The molecule has 0 spiro atoms. The number of hydrogen-bond acceptors (Lipinski definition) is 1. The maximum absolute atomic E-state index is 10.7. The van der Waals surface area contributed by atoms with Gasteiger partial charge in [-0.2, -0.15) is 0 Å². The molecule has 2 fully saturated rings. The van der Waals surface area contributed by atoms with Crippen LogP contribution in [0.15, 0.2) is 24.3 Å². The quantitative estimate of drug-likeness (QED) is 0.667. The minimum absolute atomic E-state index is 0.312. The molecule has 0 bridgehead atoms. The summed E-state index contributed by atoms with van der Waals surface area (Å²) in [5.41, 5.74) is 3.06. The van der Waals surface area contributed by atoms with E-state index in [4.69, 9.17) is 0 Å². The molecule has 2 nitrogen and oxygen atoms in total. The van der Waals surface area contributed by atoms with Crippen molar-refractivity contribution in [3.05, 3.63) is 35.4 Å². The van der Waals surface area contributed by atoms with E-state index in [9.17, 15) is 4.79 Å². The summed E-state index contributed by atoms with van der Waals surface area (Å²) in [6.07, 6.45) is 2.25. The van der Waals surface area contributed by atoms with Crippen molar-refractivity contribution < 1.29 is 4.79 Å². The lowest BCUT2D eigenvalue weighted by Gasteiger charge is -2.17. The number of carbonyl (C=O) groups is 1. The number of amides is 1. The van der Waals surface area contributed by atoms with Crippen molar-refractivity contribution in [2.24, 2.45) is 5.92 Å². The van der Waals surface area contributed by atoms with Crippen molar-refractivity contribution in [3.63, 3.8) is 0 Å². The van der Waals surface area contributed by atoms with Gasteiger partial charge in [0, 0.05) is 18.5 Å². The number of carbonyl (C=O) groups excluding carboxylic acids is 1. The van der Waals surface area contributed by atoms with Crippen LogP contribution < -0.4 is 0 Å². The van der Waals surface area contributed by atoms with Crippen molar-refractivity contribution in [1.29, 1.82) is 0 Å². The first-order chi connectivity index (χ1) is 7.24. The molecule has 1 heterocycles. The van der Waals surface area contributed by atoms with Gasteiger partial charge in [0.15, 0.2) is 0 Å². The zero-order valence-electron chi connectivity index (χ0n) is 8.94. The zero-order chi connectivity index (χ0) is 10.5. The molecule has 2 unspecified atom stereocenters. The highest BCUT2D eigenvalue weighted by Gasteiger charge is 2.60. The number of rotatable bonds is 2. The number of hydrogen-bond donors (Lipinski definition) is 0. The summed E-state index contributed by atoms with van der Waals surface area (Å²) < 4.78 is 0. The molecule has 0 radical (unpaired) electrons. The number of likely N-dealkylation sites (tertiary alicyclic amines) is 1. The summed E-state index contributed by atoms with van der Waals surface area (Å²) in [5, 5.41) is 0. The number of aryl methyl sites for hydroxylation is 1. The van der Waals surface area contributed by atoms with Crippen LogP contribution in [0.4, 0.5) is 0 Å². The van der Waals surface area contributed by atoms with Crippen LogP contribution in [0.3, 0.4) is 0 Å². The fraction of sp³-hybridized carbons (Fsp3) is 0.462. The highest BCUT2D eigenvalue weighted by molar-refractivity contribution is 5.52. The van der Waals surface area contributed by atoms with E-state index in [1.165, 1.54) is 17.5 Å². The molecule has 0 aromatic heterocycles. The highest BCUT2D eigenvalue weighted by Crippen LogP contribution is 2.58. The van der Waals surface area contributed by atoms with Gasteiger partial charge in [0.05, 0.1) is 0 Å². The van der Waals surface area contributed by atoms with Gasteiger partial charge in [-0.3, -0.25) is 4.79 Å². The molecule has 1 aromatic rings. The van der Waals surface area contributed by atoms with Gasteiger partial charge < -0.3 is 4.90 Å². The normalized spacial score (nSPS) is 32.6. The summed E-state index contributed by atoms with van der Waals surface area (Å²) >= 11 is 0. The van der Waals surface area contributed by atoms with Gasteiger partial charge in [-0.15, -0.1) is 0 Å². The second-order valence-electron chi connectivity index (χ2n) is 4.96. The topological polar surface area (TPSA) is 20.3 Å². The minimum atomic E-state index is 0.312. The molecule has 1 aliphatic carbocycles. The summed E-state index contributed by atoms with van der Waals surface area (Å²) in [4.78, 5) is 12.7. The highest BCUT2D eigenvalue weighted by atomic mass is 16.1. The van der Waals surface area contributed by atoms with E-state index in [2.05, 4.69) is 31.2 Å². The van der Waals surface area contributed by atoms with Crippen LogP contribution in [-0.4, -0.2) is 24.4 Å². The van der Waals surface area contributed by atoms with Crippen molar-refractivity contribution in [3.8, 4) is 0 Å². The monoisotopic (exact) mass is 201 g/mol. The average Bonchev–Trinajstić information content (AvgIpc) is 2.82. The minimum Gasteiger partial charge on any atom is -0.344 e. The Labute approximate surface area is 89.9 Å². The van der Waals surface area contributed by atoms with Gasteiger partial charge in [0.1, 0.15) is 0 Å². The number of nitrogens with zero attached hydrogens (tertiary/aromatic N) is 1. The van der Waals surface area contributed by atoms with Crippen molar-refractivity contribution >= 4 is 6.41 Å². The van der Waals surface area contributed by atoms with Crippen LogP contribution >= 0.6 is 0 Å². The van der Waals surface area contributed by atoms with Crippen LogP contribution in [0.1, 0.15) is 17.5 Å². The molecular weight excluding hydrogens is 186 g/mol. The number of benzene rings is 1. The third-order valence-corrected chi connectivity index (χ3v) is 3.91. The Balaban J connectivity index is 1.93. The fourth-order valence-electron chi connectivity index (χ4n) is 3.00. The summed E-state index contributed by atoms with van der Waals surface area (Å²) in [6.45, 7) is 4.01. The van der Waals surface area contributed by atoms with Crippen molar-refractivity contribution in [2.45, 2.75) is 18.8 Å². The number of piperidine rings is 1. The molecule has 1 saturated heterocycles. The summed E-state index contributed by atoms with van der Waals surface area (Å²) in [7, 11) is 0. The van der Waals surface area contributed by atoms with E-state index >= 15 is 0 Å². The lowest BCUT2D eigenvalue weighted by molar-refractivity contribution is -0.117. The predicted molar refractivity (Wildman–Crippen MR) is 58.6 cm³/mol. The van der Waals surface area contributed by atoms with Gasteiger partial charge in [0.2, 0.25) is 6.41 Å². The Kier molecular flexibility index (Phi) is 1.70. The second kappa shape index (κ2) is 2.84. The van der Waals surface area contributed by atoms with E-state index in [0.29, 0.717) is 11.3 Å². The molecule has 0 N–H and O–H groups in total. The number of fused-ring (bicyclic) bond motifs is 1. The summed E-state index contributed by atoms with van der Waals surface area (Å²) in [5.74, 6) is 0.712. The smallest absolute Gasteiger partial charge is 0.209 e. The lowest BCUT2D eigenvalue weighted by Crippen LogP contribution is -2.24. The van der Waals surface area contributed by atoms with Gasteiger partial charge in [-0.05, 0) is 24.8 Å². The first-order valence-corrected chi connectivity index (χ1v) is 5.51. The van der Waals surface area contributed by atoms with Gasteiger partial charge in [-0.1, -0.05) is 29.8 Å². The molecule has 78 valence electrons. The Morgan fingerprint density at radius 1 is 1.53 bits per heavy atom. The predicted octanol–water partition coefficient (Wildman–Crippen LogP) is 1.72. The van der Waals surface area contributed by atoms with Crippen LogP contribution in [0.25, 0.3) is 0 Å². The van der Waals surface area contributed by atoms with Crippen LogP contribution in [0.5, 0.6) is 0 Å². The second-order valence-corrected chi connectivity index (χ2v) is 4.96. The maximum atomic E-state index is 10.7. The molecule has 2 heteroatoms. The SMILES string of the molecule is Cc1cccc(C23CC2CN(C=O)C3)c1.